The van der Waals surface area contributed by atoms with Crippen LogP contribution < -0.4 is 5.32 Å². The third-order valence-electron chi connectivity index (χ3n) is 3.90. The molecule has 2 aromatic heterocycles. The maximum atomic E-state index is 12.4. The summed E-state index contributed by atoms with van der Waals surface area (Å²) in [5, 5.41) is 2.96. The molecule has 6 heteroatoms. The van der Waals surface area contributed by atoms with Gasteiger partial charge in [0.25, 0.3) is 5.91 Å². The van der Waals surface area contributed by atoms with Gasteiger partial charge in [-0.1, -0.05) is 13.8 Å². The van der Waals surface area contributed by atoms with E-state index in [9.17, 15) is 4.79 Å². The van der Waals surface area contributed by atoms with E-state index in [1.165, 1.54) is 0 Å². The normalized spacial score (nSPS) is 15.2. The first kappa shape index (κ1) is 15.0. The summed E-state index contributed by atoms with van der Waals surface area (Å²) in [5.41, 5.74) is 2.75. The van der Waals surface area contributed by atoms with Gasteiger partial charge in [-0.05, 0) is 12.8 Å². The second-order valence-corrected chi connectivity index (χ2v) is 6.75. The first-order valence-electron chi connectivity index (χ1n) is 7.61. The van der Waals surface area contributed by atoms with Crippen LogP contribution in [0.2, 0.25) is 0 Å². The maximum Gasteiger partial charge on any atom is 0.255 e. The zero-order valence-electron chi connectivity index (χ0n) is 13.3. The zero-order chi connectivity index (χ0) is 15.7. The van der Waals surface area contributed by atoms with Crippen LogP contribution in [0.25, 0.3) is 11.2 Å². The molecule has 0 saturated heterocycles. The van der Waals surface area contributed by atoms with Crippen molar-refractivity contribution in [1.29, 1.82) is 0 Å². The lowest BCUT2D eigenvalue weighted by Gasteiger charge is -2.23. The Hall–Kier alpha value is -1.95. The minimum Gasteiger partial charge on any atom is -0.384 e. The maximum absolute atomic E-state index is 12.4. The van der Waals surface area contributed by atoms with Crippen molar-refractivity contribution >= 4 is 17.1 Å². The van der Waals surface area contributed by atoms with E-state index < -0.39 is 0 Å². The summed E-state index contributed by atoms with van der Waals surface area (Å²) in [5.74, 6) is 0.390. The summed E-state index contributed by atoms with van der Waals surface area (Å²) < 4.78 is 5.17. The van der Waals surface area contributed by atoms with Crippen molar-refractivity contribution in [2.45, 2.75) is 32.6 Å². The van der Waals surface area contributed by atoms with E-state index in [1.54, 1.807) is 19.5 Å². The fourth-order valence-corrected chi connectivity index (χ4v) is 2.51. The molecular formula is C16H22N4O2. The number of methoxy groups -OCH3 is 1. The van der Waals surface area contributed by atoms with Crippen LogP contribution in [0.5, 0.6) is 0 Å². The number of carbonyl (C=O) groups excluding carboxylic acids is 1. The molecule has 0 bridgehead atoms. The van der Waals surface area contributed by atoms with Crippen molar-refractivity contribution in [1.82, 2.24) is 20.3 Å². The number of nitrogens with one attached hydrogen (secondary N) is 2. The average molecular weight is 302 g/mol. The lowest BCUT2D eigenvalue weighted by Crippen LogP contribution is -2.36. The Morgan fingerprint density at radius 2 is 2.27 bits per heavy atom. The molecule has 0 unspecified atom stereocenters. The molecule has 1 aliphatic carbocycles. The molecule has 0 aliphatic heterocycles. The smallest absolute Gasteiger partial charge is 0.255 e. The monoisotopic (exact) mass is 302 g/mol. The highest BCUT2D eigenvalue weighted by atomic mass is 16.5. The van der Waals surface area contributed by atoms with Crippen LogP contribution in [0.3, 0.4) is 0 Å². The molecule has 22 heavy (non-hydrogen) atoms. The Morgan fingerprint density at radius 3 is 2.95 bits per heavy atom. The van der Waals surface area contributed by atoms with Crippen molar-refractivity contribution in [3.8, 4) is 0 Å². The van der Waals surface area contributed by atoms with E-state index >= 15 is 0 Å². The molecule has 2 aromatic rings. The summed E-state index contributed by atoms with van der Waals surface area (Å²) in [4.78, 5) is 24.4. The lowest BCUT2D eigenvalue weighted by atomic mass is 9.95. The summed E-state index contributed by atoms with van der Waals surface area (Å²) in [6.07, 6.45) is 5.81. The Labute approximate surface area is 129 Å². The van der Waals surface area contributed by atoms with E-state index in [-0.39, 0.29) is 11.3 Å². The Kier molecular flexibility index (Phi) is 3.87. The van der Waals surface area contributed by atoms with Gasteiger partial charge in [0, 0.05) is 31.2 Å². The van der Waals surface area contributed by atoms with E-state index in [0.29, 0.717) is 35.8 Å². The fraction of sp³-hybridized carbons (Fsp3) is 0.562. The van der Waals surface area contributed by atoms with Crippen molar-refractivity contribution in [3.63, 3.8) is 0 Å². The molecule has 2 heterocycles. The number of ether oxygens (including phenoxy) is 1. The van der Waals surface area contributed by atoms with Crippen LogP contribution in [0.15, 0.2) is 12.4 Å². The van der Waals surface area contributed by atoms with E-state index in [2.05, 4.69) is 34.1 Å². The van der Waals surface area contributed by atoms with Gasteiger partial charge in [-0.2, -0.15) is 0 Å². The van der Waals surface area contributed by atoms with Crippen LogP contribution in [0.1, 0.15) is 48.7 Å². The van der Waals surface area contributed by atoms with Crippen LogP contribution in [-0.2, 0) is 4.74 Å². The highest BCUT2D eigenvalue weighted by molar-refractivity contribution is 6.04. The summed E-state index contributed by atoms with van der Waals surface area (Å²) in [7, 11) is 1.66. The van der Waals surface area contributed by atoms with Gasteiger partial charge in [0.1, 0.15) is 5.52 Å². The quantitative estimate of drug-likeness (QED) is 0.857. The Bertz CT molecular complexity index is 689. The first-order valence-corrected chi connectivity index (χ1v) is 7.61. The van der Waals surface area contributed by atoms with Crippen molar-refractivity contribution in [3.05, 3.63) is 23.7 Å². The minimum absolute atomic E-state index is 0.110. The highest BCUT2D eigenvalue weighted by Gasteiger charge is 2.27. The SMILES string of the molecule is COCC(C)(C)CNC(=O)c1c[nH]c2ncc(C3CC3)nc12. The molecule has 0 aromatic carbocycles. The molecule has 6 nitrogen and oxygen atoms in total. The number of hydrogen-bond donors (Lipinski definition) is 2. The third-order valence-corrected chi connectivity index (χ3v) is 3.90. The predicted molar refractivity (Wildman–Crippen MR) is 83.9 cm³/mol. The van der Waals surface area contributed by atoms with Crippen LogP contribution >= 0.6 is 0 Å². The largest absolute Gasteiger partial charge is 0.384 e. The van der Waals surface area contributed by atoms with Crippen LogP contribution in [0.4, 0.5) is 0 Å². The standard InChI is InChI=1S/C16H22N4O2/c1-16(2,9-22-3)8-19-15(21)11-6-17-14-13(11)20-12(7-18-14)10-4-5-10/h6-7,10H,4-5,8-9H2,1-3H3,(H,17,18)(H,19,21). The van der Waals surface area contributed by atoms with Gasteiger partial charge in [-0.15, -0.1) is 0 Å². The van der Waals surface area contributed by atoms with E-state index in [1.807, 2.05) is 0 Å². The van der Waals surface area contributed by atoms with Crippen molar-refractivity contribution in [2.75, 3.05) is 20.3 Å². The molecule has 1 fully saturated rings. The number of fused-ring (bicyclic) bond motifs is 1. The molecule has 1 amide bonds. The number of aromatic nitrogens is 3. The van der Waals surface area contributed by atoms with Gasteiger partial charge in [0.15, 0.2) is 5.65 Å². The topological polar surface area (TPSA) is 79.9 Å². The van der Waals surface area contributed by atoms with Gasteiger partial charge in [0.2, 0.25) is 0 Å². The van der Waals surface area contributed by atoms with Gasteiger partial charge in [-0.3, -0.25) is 4.79 Å². The molecule has 0 atom stereocenters. The van der Waals surface area contributed by atoms with Gasteiger partial charge in [-0.25, -0.2) is 9.97 Å². The average Bonchev–Trinajstić information content (AvgIpc) is 3.24. The Balaban J connectivity index is 1.77. The second-order valence-electron chi connectivity index (χ2n) is 6.75. The van der Waals surface area contributed by atoms with Crippen molar-refractivity contribution in [2.24, 2.45) is 5.41 Å². The molecule has 0 spiro atoms. The molecule has 1 aliphatic rings. The summed E-state index contributed by atoms with van der Waals surface area (Å²) in [6.45, 7) is 5.24. The molecule has 2 N–H and O–H groups in total. The Morgan fingerprint density at radius 1 is 1.50 bits per heavy atom. The number of rotatable bonds is 6. The molecule has 3 rings (SSSR count). The number of amides is 1. The summed E-state index contributed by atoms with van der Waals surface area (Å²) in [6, 6.07) is 0. The van der Waals surface area contributed by atoms with Crippen molar-refractivity contribution < 1.29 is 9.53 Å². The molecule has 118 valence electrons. The summed E-state index contributed by atoms with van der Waals surface area (Å²) >= 11 is 0. The van der Waals surface area contributed by atoms with Gasteiger partial charge >= 0.3 is 0 Å². The molecule has 1 saturated carbocycles. The molecular weight excluding hydrogens is 280 g/mol. The number of aromatic amines is 1. The number of carbonyl (C=O) groups is 1. The number of H-pyrrole nitrogens is 1. The van der Waals surface area contributed by atoms with Gasteiger partial charge in [0.05, 0.1) is 24.1 Å². The first-order chi connectivity index (χ1) is 10.5. The third kappa shape index (κ3) is 3.11. The number of nitrogens with zero attached hydrogens (tertiary/aromatic N) is 2. The van der Waals surface area contributed by atoms with E-state index in [0.717, 1.165) is 18.5 Å². The molecule has 0 radical (unpaired) electrons. The van der Waals surface area contributed by atoms with Crippen LogP contribution in [-0.4, -0.2) is 41.1 Å². The fourth-order valence-electron chi connectivity index (χ4n) is 2.51. The zero-order valence-corrected chi connectivity index (χ0v) is 13.3. The van der Waals surface area contributed by atoms with Crippen LogP contribution in [0, 0.1) is 5.41 Å². The van der Waals surface area contributed by atoms with Gasteiger partial charge < -0.3 is 15.0 Å². The van der Waals surface area contributed by atoms with E-state index in [4.69, 9.17) is 4.74 Å². The number of hydrogen-bond acceptors (Lipinski definition) is 4. The second kappa shape index (κ2) is 5.68. The predicted octanol–water partition coefficient (Wildman–Crippen LogP) is 2.24. The minimum atomic E-state index is -0.127. The lowest BCUT2D eigenvalue weighted by molar-refractivity contribution is 0.0848. The highest BCUT2D eigenvalue weighted by Crippen LogP contribution is 2.39.